The minimum Gasteiger partial charge on any atom is -0.468 e. The Bertz CT molecular complexity index is 1160. The number of rotatable bonds is 8. The molecular formula is C22H20ClFN2O5S. The fourth-order valence-corrected chi connectivity index (χ4v) is 4.66. The van der Waals surface area contributed by atoms with E-state index in [1.165, 1.54) is 54.8 Å². The van der Waals surface area contributed by atoms with Gasteiger partial charge in [-0.1, -0.05) is 23.7 Å². The van der Waals surface area contributed by atoms with Gasteiger partial charge in [0.05, 0.1) is 11.2 Å². The second kappa shape index (κ2) is 10.4. The van der Waals surface area contributed by atoms with Crippen LogP contribution < -0.4 is 10.6 Å². The molecule has 1 aromatic heterocycles. The number of hydrogen-bond donors (Lipinski definition) is 2. The van der Waals surface area contributed by atoms with Crippen LogP contribution in [0.5, 0.6) is 0 Å². The van der Waals surface area contributed by atoms with Gasteiger partial charge < -0.3 is 15.1 Å². The van der Waals surface area contributed by atoms with Crippen LogP contribution in [-0.4, -0.2) is 33.3 Å². The zero-order valence-corrected chi connectivity index (χ0v) is 18.3. The Kier molecular flexibility index (Phi) is 7.66. The Morgan fingerprint density at radius 3 is 2.25 bits per heavy atom. The van der Waals surface area contributed by atoms with Crippen molar-refractivity contribution in [2.75, 3.05) is 13.1 Å². The van der Waals surface area contributed by atoms with Crippen molar-refractivity contribution < 1.29 is 26.8 Å². The highest BCUT2D eigenvalue weighted by Crippen LogP contribution is 2.29. The lowest BCUT2D eigenvalue weighted by atomic mass is 10.1. The van der Waals surface area contributed by atoms with E-state index in [9.17, 15) is 22.4 Å². The molecule has 1 atom stereocenters. The number of carbonyl (C=O) groups excluding carboxylic acids is 2. The van der Waals surface area contributed by atoms with Crippen molar-refractivity contribution in [2.45, 2.75) is 16.6 Å². The molecule has 2 N–H and O–H groups in total. The molecule has 3 rings (SSSR count). The first-order valence-corrected chi connectivity index (χ1v) is 11.5. The van der Waals surface area contributed by atoms with E-state index < -0.39 is 26.9 Å². The van der Waals surface area contributed by atoms with Crippen LogP contribution in [-0.2, 0) is 25.8 Å². The van der Waals surface area contributed by atoms with Gasteiger partial charge in [0.1, 0.15) is 16.8 Å². The van der Waals surface area contributed by atoms with Crippen LogP contribution >= 0.6 is 11.6 Å². The van der Waals surface area contributed by atoms with Crippen LogP contribution in [0, 0.1) is 5.82 Å². The number of carbonyl (C=O) groups is 2. The molecule has 0 fully saturated rings. The van der Waals surface area contributed by atoms with Gasteiger partial charge in [-0.2, -0.15) is 0 Å². The summed E-state index contributed by atoms with van der Waals surface area (Å²) in [6.07, 6.45) is 1.73. The third-order valence-electron chi connectivity index (χ3n) is 4.64. The normalized spacial score (nSPS) is 12.2. The van der Waals surface area contributed by atoms with E-state index in [0.717, 1.165) is 5.56 Å². The predicted octanol–water partition coefficient (Wildman–Crippen LogP) is 3.06. The summed E-state index contributed by atoms with van der Waals surface area (Å²) in [5, 5.41) is 3.93. The molecule has 7 nitrogen and oxygen atoms in total. The Morgan fingerprint density at radius 2 is 1.62 bits per heavy atom. The lowest BCUT2D eigenvalue weighted by Crippen LogP contribution is -2.42. The van der Waals surface area contributed by atoms with Crippen LogP contribution in [0.4, 0.5) is 4.39 Å². The summed E-state index contributed by atoms with van der Waals surface area (Å²) in [7, 11) is -3.95. The quantitative estimate of drug-likeness (QED) is 0.484. The van der Waals surface area contributed by atoms with Crippen LogP contribution in [0.25, 0.3) is 0 Å². The second-order valence-electron chi connectivity index (χ2n) is 6.85. The molecule has 0 aliphatic rings. The molecule has 10 heteroatoms. The van der Waals surface area contributed by atoms with E-state index in [4.69, 9.17) is 16.0 Å². The maximum absolute atomic E-state index is 13.1. The van der Waals surface area contributed by atoms with Gasteiger partial charge in [-0.05, 0) is 60.5 Å². The monoisotopic (exact) mass is 478 g/mol. The molecule has 0 unspecified atom stereocenters. The standard InChI is InChI=1S/C22H20ClFN2O5S/c23-16-5-9-18(10-6-16)32(29,30)20(19-2-1-13-31-19)14-26-22(28)21(27)25-12-11-15-3-7-17(24)8-4-15/h1-10,13,20H,11-12,14H2,(H,25,27)(H,26,28)/t20-/m0/s1. The molecule has 0 aliphatic heterocycles. The third-order valence-corrected chi connectivity index (χ3v) is 6.97. The Hall–Kier alpha value is -3.17. The van der Waals surface area contributed by atoms with Crippen molar-refractivity contribution in [1.82, 2.24) is 10.6 Å². The van der Waals surface area contributed by atoms with Crippen LogP contribution in [0.2, 0.25) is 5.02 Å². The Labute approximate surface area is 189 Å². The van der Waals surface area contributed by atoms with Crippen molar-refractivity contribution in [3.8, 4) is 0 Å². The first-order valence-electron chi connectivity index (χ1n) is 9.60. The number of halogens is 2. The second-order valence-corrected chi connectivity index (χ2v) is 9.41. The Morgan fingerprint density at radius 1 is 0.969 bits per heavy atom. The van der Waals surface area contributed by atoms with Crippen LogP contribution in [0.15, 0.2) is 76.2 Å². The number of sulfone groups is 1. The fraction of sp³-hybridized carbons (Fsp3) is 0.182. The van der Waals surface area contributed by atoms with Gasteiger partial charge in [-0.3, -0.25) is 9.59 Å². The summed E-state index contributed by atoms with van der Waals surface area (Å²) < 4.78 is 44.4. The van der Waals surface area contributed by atoms with Gasteiger partial charge in [0.15, 0.2) is 9.84 Å². The lowest BCUT2D eigenvalue weighted by molar-refractivity contribution is -0.139. The van der Waals surface area contributed by atoms with E-state index in [1.807, 2.05) is 0 Å². The lowest BCUT2D eigenvalue weighted by Gasteiger charge is -2.16. The molecule has 3 aromatic rings. The molecule has 0 bridgehead atoms. The van der Waals surface area contributed by atoms with E-state index in [-0.39, 0.29) is 29.6 Å². The van der Waals surface area contributed by atoms with Crippen LogP contribution in [0.3, 0.4) is 0 Å². The van der Waals surface area contributed by atoms with Gasteiger partial charge in [0.25, 0.3) is 0 Å². The average molecular weight is 479 g/mol. The first kappa shape index (κ1) is 23.5. The predicted molar refractivity (Wildman–Crippen MR) is 116 cm³/mol. The molecule has 2 amide bonds. The molecule has 0 spiro atoms. The molecule has 1 heterocycles. The van der Waals surface area contributed by atoms with Crippen molar-refractivity contribution in [1.29, 1.82) is 0 Å². The largest absolute Gasteiger partial charge is 0.468 e. The smallest absolute Gasteiger partial charge is 0.309 e. The zero-order chi connectivity index (χ0) is 23.1. The highest BCUT2D eigenvalue weighted by Gasteiger charge is 2.32. The van der Waals surface area contributed by atoms with Gasteiger partial charge in [0, 0.05) is 18.1 Å². The number of furan rings is 1. The van der Waals surface area contributed by atoms with Gasteiger partial charge in [-0.15, -0.1) is 0 Å². The van der Waals surface area contributed by atoms with E-state index >= 15 is 0 Å². The van der Waals surface area contributed by atoms with Gasteiger partial charge in [0.2, 0.25) is 0 Å². The number of benzene rings is 2. The average Bonchev–Trinajstić information content (AvgIpc) is 3.29. The fourth-order valence-electron chi connectivity index (χ4n) is 2.94. The molecule has 2 aromatic carbocycles. The van der Waals surface area contributed by atoms with E-state index in [2.05, 4.69) is 10.6 Å². The minimum absolute atomic E-state index is 0.00120. The molecular weight excluding hydrogens is 459 g/mol. The maximum atomic E-state index is 13.1. The Balaban J connectivity index is 1.61. The third kappa shape index (κ3) is 5.95. The minimum atomic E-state index is -3.95. The number of nitrogens with one attached hydrogen (secondary N) is 2. The highest BCUT2D eigenvalue weighted by molar-refractivity contribution is 7.91. The summed E-state index contributed by atoms with van der Waals surface area (Å²) in [6, 6.07) is 14.4. The molecule has 168 valence electrons. The van der Waals surface area contributed by atoms with Crippen molar-refractivity contribution in [3.63, 3.8) is 0 Å². The van der Waals surface area contributed by atoms with Gasteiger partial charge in [-0.25, -0.2) is 12.8 Å². The SMILES string of the molecule is O=C(NCCc1ccc(F)cc1)C(=O)NC[C@@H](c1ccco1)S(=O)(=O)c1ccc(Cl)cc1. The summed E-state index contributed by atoms with van der Waals surface area (Å²) >= 11 is 5.83. The van der Waals surface area contributed by atoms with E-state index in [0.29, 0.717) is 11.4 Å². The van der Waals surface area contributed by atoms with Crippen molar-refractivity contribution >= 4 is 33.3 Å². The zero-order valence-electron chi connectivity index (χ0n) is 16.8. The molecule has 0 aliphatic carbocycles. The first-order chi connectivity index (χ1) is 15.3. The van der Waals surface area contributed by atoms with Gasteiger partial charge >= 0.3 is 11.8 Å². The maximum Gasteiger partial charge on any atom is 0.309 e. The summed E-state index contributed by atoms with van der Waals surface area (Å²) in [5.41, 5.74) is 0.791. The highest BCUT2D eigenvalue weighted by atomic mass is 35.5. The molecule has 32 heavy (non-hydrogen) atoms. The molecule has 0 saturated heterocycles. The summed E-state index contributed by atoms with van der Waals surface area (Å²) in [5.74, 6) is -2.13. The topological polar surface area (TPSA) is 105 Å². The van der Waals surface area contributed by atoms with Crippen LogP contribution in [0.1, 0.15) is 16.6 Å². The number of amides is 2. The van der Waals surface area contributed by atoms with E-state index in [1.54, 1.807) is 12.1 Å². The summed E-state index contributed by atoms with van der Waals surface area (Å²) in [4.78, 5) is 24.3. The summed E-state index contributed by atoms with van der Waals surface area (Å²) in [6.45, 7) is -0.217. The van der Waals surface area contributed by atoms with Crippen molar-refractivity contribution in [2.24, 2.45) is 0 Å². The van der Waals surface area contributed by atoms with Crippen molar-refractivity contribution in [3.05, 3.63) is 89.1 Å². The number of hydrogen-bond acceptors (Lipinski definition) is 5. The molecule has 0 saturated carbocycles. The molecule has 0 radical (unpaired) electrons.